The van der Waals surface area contributed by atoms with Gasteiger partial charge in [-0.15, -0.1) is 0 Å². The van der Waals surface area contributed by atoms with E-state index in [1.165, 1.54) is 18.9 Å². The first-order valence-corrected chi connectivity index (χ1v) is 4.61. The Bertz CT molecular complexity index is 75.4. The lowest BCUT2D eigenvalue weighted by Crippen LogP contribution is -2.06. The van der Waals surface area contributed by atoms with Crippen molar-refractivity contribution < 1.29 is 9.22 Å². The van der Waals surface area contributed by atoms with Crippen LogP contribution >= 0.6 is 0 Å². The molecule has 0 aliphatic carbocycles. The Morgan fingerprint density at radius 3 is 2.33 bits per heavy atom. The quantitative estimate of drug-likeness (QED) is 0.301. The zero-order chi connectivity index (χ0) is 6.95. The summed E-state index contributed by atoms with van der Waals surface area (Å²) in [5, 5.41) is 5.40. The summed E-state index contributed by atoms with van der Waals surface area (Å²) in [6.45, 7) is 1.06. The molecule has 0 unspecified atom stereocenters. The highest BCUT2D eigenvalue weighted by Crippen LogP contribution is 2.01. The second-order valence-corrected chi connectivity index (χ2v) is 3.30. The van der Waals surface area contributed by atoms with Gasteiger partial charge in [0.1, 0.15) is 0 Å². The second-order valence-electron chi connectivity index (χ2n) is 1.78. The normalized spacial score (nSPS) is 19.6. The highest BCUT2D eigenvalue weighted by atomic mass is 28.2. The van der Waals surface area contributed by atoms with Crippen LogP contribution in [0.3, 0.4) is 0 Å². The van der Waals surface area contributed by atoms with Crippen LogP contribution in [0.1, 0.15) is 12.8 Å². The molecule has 1 rings (SSSR count). The second kappa shape index (κ2) is 7.56. The van der Waals surface area contributed by atoms with Gasteiger partial charge < -0.3 is 4.43 Å². The van der Waals surface area contributed by atoms with E-state index in [1.54, 1.807) is 0 Å². The van der Waals surface area contributed by atoms with Crippen LogP contribution in [-0.2, 0) is 9.22 Å². The van der Waals surface area contributed by atoms with E-state index in [1.807, 2.05) is 0 Å². The third-order valence-electron chi connectivity index (χ3n) is 1.08. The van der Waals surface area contributed by atoms with E-state index in [-0.39, 0.29) is 9.76 Å². The molecule has 52 valence electrons. The average Bonchev–Trinajstić information content (AvgIpc) is 1.93. The maximum atomic E-state index is 8.35. The van der Waals surface area contributed by atoms with Gasteiger partial charge in [0.15, 0.2) is 9.76 Å². The molecule has 1 fully saturated rings. The number of isocyanates is 1. The molecule has 1 N–H and O–H groups in total. The van der Waals surface area contributed by atoms with E-state index < -0.39 is 0 Å². The number of carbonyl (C=O) groups excluding carboxylic acids is 1. The monoisotopic (exact) mass is 145 g/mol. The van der Waals surface area contributed by atoms with E-state index in [0.29, 0.717) is 0 Å². The van der Waals surface area contributed by atoms with E-state index >= 15 is 0 Å². The maximum Gasteiger partial charge on any atom is 0.231 e. The molecule has 0 atom stereocenters. The predicted octanol–water partition coefficient (Wildman–Crippen LogP) is 0.200. The van der Waals surface area contributed by atoms with Crippen LogP contribution in [-0.4, -0.2) is 22.4 Å². The Hall–Kier alpha value is -0.443. The van der Waals surface area contributed by atoms with Crippen molar-refractivity contribution >= 4 is 15.8 Å². The fourth-order valence-corrected chi connectivity index (χ4v) is 1.86. The molecular formula is C5H11NO2Si. The van der Waals surface area contributed by atoms with Gasteiger partial charge in [-0.2, -0.15) is 0 Å². The fourth-order valence-electron chi connectivity index (χ4n) is 0.687. The Balaban J connectivity index is 0.000000187. The zero-order valence-corrected chi connectivity index (χ0v) is 6.77. The fraction of sp³-hybridized carbons (Fsp3) is 0.800. The summed E-state index contributed by atoms with van der Waals surface area (Å²) < 4.78 is 5.21. The molecule has 1 aliphatic heterocycles. The van der Waals surface area contributed by atoms with Crippen molar-refractivity contribution in [2.45, 2.75) is 18.9 Å². The van der Waals surface area contributed by atoms with Crippen LogP contribution in [0.5, 0.6) is 0 Å². The lowest BCUT2D eigenvalue weighted by Gasteiger charge is -2.07. The third kappa shape index (κ3) is 7.56. The molecule has 0 radical (unpaired) electrons. The molecular weight excluding hydrogens is 134 g/mol. The maximum absolute atomic E-state index is 8.35. The van der Waals surface area contributed by atoms with Gasteiger partial charge in [0.2, 0.25) is 6.08 Å². The van der Waals surface area contributed by atoms with Crippen LogP contribution in [0.15, 0.2) is 0 Å². The summed E-state index contributed by atoms with van der Waals surface area (Å²) in [5.74, 6) is 0. The largest absolute Gasteiger partial charge is 0.424 e. The summed E-state index contributed by atoms with van der Waals surface area (Å²) in [6.07, 6.45) is 3.50. The molecule has 1 heterocycles. The molecule has 0 saturated carbocycles. The van der Waals surface area contributed by atoms with Gasteiger partial charge in [-0.1, -0.05) is 6.42 Å². The van der Waals surface area contributed by atoms with Crippen LogP contribution < -0.4 is 0 Å². The van der Waals surface area contributed by atoms with Gasteiger partial charge in [-0.05, 0) is 12.5 Å². The zero-order valence-electron chi connectivity index (χ0n) is 5.35. The van der Waals surface area contributed by atoms with Crippen molar-refractivity contribution in [3.8, 4) is 0 Å². The van der Waals surface area contributed by atoms with Gasteiger partial charge in [0.25, 0.3) is 0 Å². The molecule has 0 spiro atoms. The molecule has 3 nitrogen and oxygen atoms in total. The van der Waals surface area contributed by atoms with Crippen molar-refractivity contribution in [3.63, 3.8) is 0 Å². The molecule has 0 bridgehead atoms. The molecule has 0 aromatic rings. The summed E-state index contributed by atoms with van der Waals surface area (Å²) in [7, 11) is 0.00849. The van der Waals surface area contributed by atoms with E-state index in [0.717, 1.165) is 12.7 Å². The lowest BCUT2D eigenvalue weighted by atomic mass is 10.4. The van der Waals surface area contributed by atoms with Crippen molar-refractivity contribution in [2.24, 2.45) is 0 Å². The standard InChI is InChI=1S/C4H10OSi.CHNO/c1-2-4-6-5-3-1;2-1-3/h1-4,6H2;2H. The molecule has 0 amide bonds. The van der Waals surface area contributed by atoms with Crippen molar-refractivity contribution in [1.29, 1.82) is 5.41 Å². The van der Waals surface area contributed by atoms with Gasteiger partial charge in [0, 0.05) is 6.61 Å². The first kappa shape index (κ1) is 8.56. The first-order chi connectivity index (χ1) is 4.41. The van der Waals surface area contributed by atoms with E-state index in [4.69, 9.17) is 14.6 Å². The molecule has 9 heavy (non-hydrogen) atoms. The third-order valence-corrected chi connectivity index (χ3v) is 2.44. The first-order valence-electron chi connectivity index (χ1n) is 3.03. The van der Waals surface area contributed by atoms with Crippen LogP contribution in [0, 0.1) is 5.41 Å². The van der Waals surface area contributed by atoms with Crippen LogP contribution in [0.2, 0.25) is 6.04 Å². The molecule has 1 aliphatic rings. The summed E-state index contributed by atoms with van der Waals surface area (Å²) in [6, 6.07) is 1.42. The number of hydrogen-bond donors (Lipinski definition) is 1. The minimum absolute atomic E-state index is 0.00849. The SMILES string of the molecule is C1CC[SiH2]OC1.N=C=O. The van der Waals surface area contributed by atoms with E-state index in [2.05, 4.69) is 0 Å². The van der Waals surface area contributed by atoms with Gasteiger partial charge in [-0.3, -0.25) is 0 Å². The lowest BCUT2D eigenvalue weighted by molar-refractivity contribution is 0.304. The van der Waals surface area contributed by atoms with Gasteiger partial charge >= 0.3 is 0 Å². The smallest absolute Gasteiger partial charge is 0.231 e. The van der Waals surface area contributed by atoms with Crippen LogP contribution in [0.4, 0.5) is 0 Å². The number of hydrogen-bond acceptors (Lipinski definition) is 3. The molecule has 1 saturated heterocycles. The van der Waals surface area contributed by atoms with Gasteiger partial charge in [-0.25, -0.2) is 10.2 Å². The Labute approximate surface area is 56.9 Å². The van der Waals surface area contributed by atoms with E-state index in [9.17, 15) is 0 Å². The summed E-state index contributed by atoms with van der Waals surface area (Å²) in [5.41, 5.74) is 0. The molecule has 0 aromatic carbocycles. The minimum atomic E-state index is 0.00849. The topological polar surface area (TPSA) is 50.1 Å². The Kier molecular flexibility index (Phi) is 7.18. The van der Waals surface area contributed by atoms with Gasteiger partial charge in [0.05, 0.1) is 0 Å². The van der Waals surface area contributed by atoms with Crippen molar-refractivity contribution in [1.82, 2.24) is 0 Å². The van der Waals surface area contributed by atoms with Crippen molar-refractivity contribution in [3.05, 3.63) is 0 Å². The van der Waals surface area contributed by atoms with Crippen LogP contribution in [0.25, 0.3) is 0 Å². The Morgan fingerprint density at radius 2 is 2.22 bits per heavy atom. The van der Waals surface area contributed by atoms with Crippen molar-refractivity contribution in [2.75, 3.05) is 6.61 Å². The Morgan fingerprint density at radius 1 is 1.56 bits per heavy atom. The summed E-state index contributed by atoms with van der Waals surface area (Å²) in [4.78, 5) is 8.35. The highest BCUT2D eigenvalue weighted by Gasteiger charge is 1.96. The molecule has 4 heteroatoms. The average molecular weight is 145 g/mol. The predicted molar refractivity (Wildman–Crippen MR) is 37.0 cm³/mol. The number of rotatable bonds is 0. The minimum Gasteiger partial charge on any atom is -0.424 e. The number of nitrogens with one attached hydrogen (secondary N) is 1. The summed E-state index contributed by atoms with van der Waals surface area (Å²) >= 11 is 0. The molecule has 0 aromatic heterocycles. The highest BCUT2D eigenvalue weighted by molar-refractivity contribution is 6.27.